The van der Waals surface area contributed by atoms with Gasteiger partial charge in [-0.3, -0.25) is 0 Å². The van der Waals surface area contributed by atoms with Crippen LogP contribution in [0.5, 0.6) is 5.75 Å². The minimum atomic E-state index is -0.603. The quantitative estimate of drug-likeness (QED) is 0.882. The topological polar surface area (TPSA) is 29.5 Å². The van der Waals surface area contributed by atoms with Crippen LogP contribution in [-0.2, 0) is 6.42 Å². The van der Waals surface area contributed by atoms with Gasteiger partial charge in [-0.15, -0.1) is 0 Å². The Morgan fingerprint density at radius 1 is 1.20 bits per heavy atom. The van der Waals surface area contributed by atoms with E-state index in [1.165, 1.54) is 6.07 Å². The third kappa shape index (κ3) is 3.81. The van der Waals surface area contributed by atoms with Gasteiger partial charge < -0.3 is 9.84 Å². The van der Waals surface area contributed by atoms with E-state index in [1.807, 2.05) is 24.3 Å². The molecule has 0 aliphatic carbocycles. The van der Waals surface area contributed by atoms with Crippen molar-refractivity contribution >= 4 is 15.9 Å². The van der Waals surface area contributed by atoms with Gasteiger partial charge in [0.15, 0.2) is 0 Å². The van der Waals surface area contributed by atoms with Gasteiger partial charge in [-0.1, -0.05) is 18.2 Å². The first-order chi connectivity index (χ1) is 9.60. The lowest BCUT2D eigenvalue weighted by molar-refractivity contribution is 0.167. The van der Waals surface area contributed by atoms with Crippen molar-refractivity contribution in [2.45, 2.75) is 18.9 Å². The zero-order valence-corrected chi connectivity index (χ0v) is 12.7. The Morgan fingerprint density at radius 2 is 1.90 bits per heavy atom. The lowest BCUT2D eigenvalue weighted by Gasteiger charge is -2.12. The molecule has 0 heterocycles. The predicted molar refractivity (Wildman–Crippen MR) is 80.4 cm³/mol. The highest BCUT2D eigenvalue weighted by Gasteiger charge is 2.10. The van der Waals surface area contributed by atoms with Gasteiger partial charge in [0.1, 0.15) is 11.6 Å². The Labute approximate surface area is 126 Å². The van der Waals surface area contributed by atoms with Crippen LogP contribution >= 0.6 is 15.9 Å². The molecule has 20 heavy (non-hydrogen) atoms. The number of aryl methyl sites for hydroxylation is 1. The molecule has 0 aromatic heterocycles. The average Bonchev–Trinajstić information content (AvgIpc) is 2.48. The van der Waals surface area contributed by atoms with Crippen molar-refractivity contribution in [3.63, 3.8) is 0 Å². The molecule has 1 atom stereocenters. The third-order valence-electron chi connectivity index (χ3n) is 3.19. The van der Waals surface area contributed by atoms with E-state index in [0.717, 1.165) is 17.7 Å². The zero-order chi connectivity index (χ0) is 14.5. The number of methoxy groups -OCH3 is 1. The number of rotatable bonds is 5. The molecule has 0 saturated carbocycles. The molecular formula is C16H16BrFO2. The first kappa shape index (κ1) is 15.0. The molecule has 0 amide bonds. The summed E-state index contributed by atoms with van der Waals surface area (Å²) in [5.74, 6) is 0.493. The highest BCUT2D eigenvalue weighted by Crippen LogP contribution is 2.24. The molecule has 0 bridgehead atoms. The van der Waals surface area contributed by atoms with Crippen molar-refractivity contribution in [2.24, 2.45) is 0 Å². The molecule has 0 aliphatic rings. The molecule has 2 rings (SSSR count). The number of halogens is 2. The number of hydrogen-bond acceptors (Lipinski definition) is 2. The normalized spacial score (nSPS) is 12.2. The van der Waals surface area contributed by atoms with Gasteiger partial charge >= 0.3 is 0 Å². The third-order valence-corrected chi connectivity index (χ3v) is 3.80. The molecule has 1 N–H and O–H groups in total. The number of benzene rings is 2. The molecular weight excluding hydrogens is 323 g/mol. The van der Waals surface area contributed by atoms with Crippen molar-refractivity contribution in [1.29, 1.82) is 0 Å². The van der Waals surface area contributed by atoms with Crippen LogP contribution < -0.4 is 4.74 Å². The van der Waals surface area contributed by atoms with Crippen LogP contribution in [0, 0.1) is 5.82 Å². The fourth-order valence-electron chi connectivity index (χ4n) is 1.98. The van der Waals surface area contributed by atoms with Crippen molar-refractivity contribution in [2.75, 3.05) is 7.11 Å². The van der Waals surface area contributed by atoms with Gasteiger partial charge in [-0.05, 0) is 64.2 Å². The first-order valence-corrected chi connectivity index (χ1v) is 7.15. The summed E-state index contributed by atoms with van der Waals surface area (Å²) in [7, 11) is 1.63. The lowest BCUT2D eigenvalue weighted by Crippen LogP contribution is -2.00. The lowest BCUT2D eigenvalue weighted by atomic mass is 10.0. The molecule has 106 valence electrons. The second-order valence-electron chi connectivity index (χ2n) is 4.58. The second kappa shape index (κ2) is 6.86. The van der Waals surface area contributed by atoms with Gasteiger partial charge in [0.25, 0.3) is 0 Å². The average molecular weight is 339 g/mol. The van der Waals surface area contributed by atoms with E-state index in [2.05, 4.69) is 15.9 Å². The standard InChI is InChI=1S/C16H16BrFO2/c1-20-13-6-2-11(3-7-13)4-9-16(19)12-5-8-15(18)14(17)10-12/h2-3,5-8,10,16,19H,4,9H2,1H3. The maximum Gasteiger partial charge on any atom is 0.137 e. The Morgan fingerprint density at radius 3 is 2.50 bits per heavy atom. The highest BCUT2D eigenvalue weighted by molar-refractivity contribution is 9.10. The summed E-state index contributed by atoms with van der Waals surface area (Å²) in [4.78, 5) is 0. The maximum atomic E-state index is 13.1. The van der Waals surface area contributed by atoms with Crippen LogP contribution in [0.1, 0.15) is 23.7 Å². The number of hydrogen-bond donors (Lipinski definition) is 1. The number of aliphatic hydroxyl groups excluding tert-OH is 1. The number of aliphatic hydroxyl groups is 1. The second-order valence-corrected chi connectivity index (χ2v) is 5.43. The molecule has 2 aromatic carbocycles. The molecule has 0 fully saturated rings. The molecule has 0 aliphatic heterocycles. The maximum absolute atomic E-state index is 13.1. The Kier molecular flexibility index (Phi) is 5.15. The van der Waals surface area contributed by atoms with Crippen molar-refractivity contribution < 1.29 is 14.2 Å². The van der Waals surface area contributed by atoms with E-state index in [-0.39, 0.29) is 5.82 Å². The van der Waals surface area contributed by atoms with Gasteiger partial charge in [0.05, 0.1) is 17.7 Å². The molecule has 0 spiro atoms. The van der Waals surface area contributed by atoms with E-state index < -0.39 is 6.10 Å². The molecule has 4 heteroatoms. The fraction of sp³-hybridized carbons (Fsp3) is 0.250. The minimum Gasteiger partial charge on any atom is -0.497 e. The van der Waals surface area contributed by atoms with Crippen LogP contribution in [0.3, 0.4) is 0 Å². The minimum absolute atomic E-state index is 0.323. The van der Waals surface area contributed by atoms with Crippen molar-refractivity contribution in [3.05, 3.63) is 63.9 Å². The SMILES string of the molecule is COc1ccc(CCC(O)c2ccc(F)c(Br)c2)cc1. The van der Waals surface area contributed by atoms with E-state index in [0.29, 0.717) is 16.5 Å². The van der Waals surface area contributed by atoms with E-state index in [4.69, 9.17) is 4.74 Å². The van der Waals surface area contributed by atoms with E-state index in [9.17, 15) is 9.50 Å². The largest absolute Gasteiger partial charge is 0.497 e. The van der Waals surface area contributed by atoms with Crippen LogP contribution in [0.25, 0.3) is 0 Å². The molecule has 0 radical (unpaired) electrons. The molecule has 0 saturated heterocycles. The molecule has 1 unspecified atom stereocenters. The summed E-state index contributed by atoms with van der Waals surface area (Å²) < 4.78 is 18.6. The van der Waals surface area contributed by atoms with Crippen LogP contribution in [0.15, 0.2) is 46.9 Å². The summed E-state index contributed by atoms with van der Waals surface area (Å²) in [6.45, 7) is 0. The van der Waals surface area contributed by atoms with Gasteiger partial charge in [-0.25, -0.2) is 4.39 Å². The summed E-state index contributed by atoms with van der Waals surface area (Å²) >= 11 is 3.13. The Balaban J connectivity index is 1.96. The molecule has 2 nitrogen and oxygen atoms in total. The Hall–Kier alpha value is -1.39. The Bertz CT molecular complexity index is 569. The van der Waals surface area contributed by atoms with Crippen LogP contribution in [0.4, 0.5) is 4.39 Å². The van der Waals surface area contributed by atoms with Crippen LogP contribution in [0.2, 0.25) is 0 Å². The van der Waals surface area contributed by atoms with Crippen molar-refractivity contribution in [1.82, 2.24) is 0 Å². The van der Waals surface area contributed by atoms with Crippen molar-refractivity contribution in [3.8, 4) is 5.75 Å². The monoisotopic (exact) mass is 338 g/mol. The number of ether oxygens (including phenoxy) is 1. The first-order valence-electron chi connectivity index (χ1n) is 6.36. The van der Waals surface area contributed by atoms with Gasteiger partial charge in [0, 0.05) is 0 Å². The van der Waals surface area contributed by atoms with Crippen LogP contribution in [-0.4, -0.2) is 12.2 Å². The summed E-state index contributed by atoms with van der Waals surface area (Å²) in [5.41, 5.74) is 1.85. The predicted octanol–water partition coefficient (Wildman–Crippen LogP) is 4.26. The van der Waals surface area contributed by atoms with Gasteiger partial charge in [0.2, 0.25) is 0 Å². The van der Waals surface area contributed by atoms with E-state index >= 15 is 0 Å². The summed E-state index contributed by atoms with van der Waals surface area (Å²) in [6, 6.07) is 12.3. The molecule has 2 aromatic rings. The summed E-state index contributed by atoms with van der Waals surface area (Å²) in [5, 5.41) is 10.1. The smallest absolute Gasteiger partial charge is 0.137 e. The van der Waals surface area contributed by atoms with Gasteiger partial charge in [-0.2, -0.15) is 0 Å². The highest BCUT2D eigenvalue weighted by atomic mass is 79.9. The summed E-state index contributed by atoms with van der Waals surface area (Å²) in [6.07, 6.45) is 0.735. The fourth-order valence-corrected chi connectivity index (χ4v) is 2.38. The van der Waals surface area contributed by atoms with E-state index in [1.54, 1.807) is 19.2 Å². The zero-order valence-electron chi connectivity index (χ0n) is 11.1.